The number of nitrogens with zero attached hydrogens (tertiary/aromatic N) is 2. The molecule has 1 aromatic carbocycles. The van der Waals surface area contributed by atoms with Gasteiger partial charge >= 0.3 is 0 Å². The van der Waals surface area contributed by atoms with E-state index in [4.69, 9.17) is 9.47 Å². The molecule has 154 valence electrons. The minimum absolute atomic E-state index is 0. The van der Waals surface area contributed by atoms with Gasteiger partial charge < -0.3 is 24.7 Å². The Kier molecular flexibility index (Phi) is 9.11. The van der Waals surface area contributed by atoms with Crippen molar-refractivity contribution in [2.24, 2.45) is 12.0 Å². The standard InChI is InChI=1S/C21H30N4O2.HI/c1-16-6-7-18(20(11-16)27-15-19-5-4-10-26-19)13-24-21(22-2)23-12-17-8-9-25(3)14-17;/h6-9,11,14,19H,4-5,10,12-13,15H2,1-3H3,(H2,22,23,24);1H. The fourth-order valence-corrected chi connectivity index (χ4v) is 3.15. The monoisotopic (exact) mass is 498 g/mol. The van der Waals surface area contributed by atoms with E-state index in [0.717, 1.165) is 43.3 Å². The molecule has 1 atom stereocenters. The van der Waals surface area contributed by atoms with E-state index in [2.05, 4.69) is 53.0 Å². The maximum absolute atomic E-state index is 6.07. The molecule has 0 spiro atoms. The summed E-state index contributed by atoms with van der Waals surface area (Å²) in [5.74, 6) is 1.68. The molecule has 2 aromatic rings. The van der Waals surface area contributed by atoms with Crippen molar-refractivity contribution in [1.82, 2.24) is 15.2 Å². The second kappa shape index (κ2) is 11.3. The van der Waals surface area contributed by atoms with Gasteiger partial charge in [-0.05, 0) is 43.0 Å². The molecule has 1 saturated heterocycles. The smallest absolute Gasteiger partial charge is 0.191 e. The predicted molar refractivity (Wildman–Crippen MR) is 124 cm³/mol. The Labute approximate surface area is 184 Å². The first-order valence-electron chi connectivity index (χ1n) is 9.53. The number of guanidine groups is 1. The third-order valence-electron chi connectivity index (χ3n) is 4.69. The van der Waals surface area contributed by atoms with Crippen LogP contribution in [0.1, 0.15) is 29.5 Å². The van der Waals surface area contributed by atoms with Crippen LogP contribution in [0, 0.1) is 6.92 Å². The van der Waals surface area contributed by atoms with Crippen LogP contribution < -0.4 is 15.4 Å². The predicted octanol–water partition coefficient (Wildman–Crippen LogP) is 3.37. The van der Waals surface area contributed by atoms with Gasteiger partial charge in [0, 0.05) is 51.7 Å². The van der Waals surface area contributed by atoms with Crippen molar-refractivity contribution in [2.75, 3.05) is 20.3 Å². The molecular weight excluding hydrogens is 467 g/mol. The zero-order valence-electron chi connectivity index (χ0n) is 16.9. The van der Waals surface area contributed by atoms with E-state index in [1.54, 1.807) is 7.05 Å². The number of rotatable bonds is 7. The average molecular weight is 498 g/mol. The van der Waals surface area contributed by atoms with Gasteiger partial charge in [-0.1, -0.05) is 12.1 Å². The molecular formula is C21H31IN4O2. The Balaban J connectivity index is 0.00000280. The molecule has 0 aliphatic carbocycles. The van der Waals surface area contributed by atoms with Crippen LogP contribution in [0.2, 0.25) is 0 Å². The Hall–Kier alpha value is -1.74. The lowest BCUT2D eigenvalue weighted by Gasteiger charge is -2.17. The maximum atomic E-state index is 6.07. The van der Waals surface area contributed by atoms with E-state index in [0.29, 0.717) is 13.2 Å². The molecule has 1 aromatic heterocycles. The highest BCUT2D eigenvalue weighted by atomic mass is 127. The lowest BCUT2D eigenvalue weighted by atomic mass is 10.1. The Morgan fingerprint density at radius 3 is 2.79 bits per heavy atom. The summed E-state index contributed by atoms with van der Waals surface area (Å²) in [7, 11) is 3.80. The highest BCUT2D eigenvalue weighted by molar-refractivity contribution is 14.0. The SMILES string of the molecule is CN=C(NCc1ccn(C)c1)NCc1ccc(C)cc1OCC1CCCO1.I. The normalized spacial score (nSPS) is 16.5. The zero-order chi connectivity index (χ0) is 19.1. The molecule has 2 N–H and O–H groups in total. The molecule has 2 heterocycles. The molecule has 0 bridgehead atoms. The van der Waals surface area contributed by atoms with Gasteiger partial charge in [-0.2, -0.15) is 0 Å². The number of nitrogens with one attached hydrogen (secondary N) is 2. The summed E-state index contributed by atoms with van der Waals surface area (Å²) in [6, 6.07) is 8.40. The van der Waals surface area contributed by atoms with Gasteiger partial charge in [0.05, 0.1) is 6.10 Å². The van der Waals surface area contributed by atoms with Gasteiger partial charge in [0.25, 0.3) is 0 Å². The van der Waals surface area contributed by atoms with Crippen LogP contribution in [0.4, 0.5) is 0 Å². The second-order valence-electron chi connectivity index (χ2n) is 7.02. The maximum Gasteiger partial charge on any atom is 0.191 e. The quantitative estimate of drug-likeness (QED) is 0.349. The van der Waals surface area contributed by atoms with Gasteiger partial charge in [-0.15, -0.1) is 24.0 Å². The highest BCUT2D eigenvalue weighted by Crippen LogP contribution is 2.22. The van der Waals surface area contributed by atoms with Gasteiger partial charge in [-0.3, -0.25) is 4.99 Å². The molecule has 1 aliphatic heterocycles. The second-order valence-corrected chi connectivity index (χ2v) is 7.02. The van der Waals surface area contributed by atoms with Crippen molar-refractivity contribution in [3.8, 4) is 5.75 Å². The van der Waals surface area contributed by atoms with E-state index in [-0.39, 0.29) is 30.1 Å². The topological polar surface area (TPSA) is 59.8 Å². The summed E-state index contributed by atoms with van der Waals surface area (Å²) >= 11 is 0. The number of aromatic nitrogens is 1. The number of benzene rings is 1. The number of aryl methyl sites for hydroxylation is 2. The van der Waals surface area contributed by atoms with Gasteiger partial charge in [-0.25, -0.2) is 0 Å². The van der Waals surface area contributed by atoms with Crippen molar-refractivity contribution in [3.05, 3.63) is 53.3 Å². The van der Waals surface area contributed by atoms with E-state index < -0.39 is 0 Å². The largest absolute Gasteiger partial charge is 0.491 e. The summed E-state index contributed by atoms with van der Waals surface area (Å²) in [5, 5.41) is 6.71. The summed E-state index contributed by atoms with van der Waals surface area (Å²) in [5.41, 5.74) is 3.52. The van der Waals surface area contributed by atoms with Crippen molar-refractivity contribution < 1.29 is 9.47 Å². The molecule has 28 heavy (non-hydrogen) atoms. The molecule has 1 fully saturated rings. The van der Waals surface area contributed by atoms with Crippen LogP contribution in [0.3, 0.4) is 0 Å². The summed E-state index contributed by atoms with van der Waals surface area (Å²) in [6.45, 7) is 4.92. The highest BCUT2D eigenvalue weighted by Gasteiger charge is 2.17. The first kappa shape index (κ1) is 22.5. The Morgan fingerprint density at radius 2 is 2.11 bits per heavy atom. The Bertz CT molecular complexity index is 770. The Morgan fingerprint density at radius 1 is 1.29 bits per heavy atom. The van der Waals surface area contributed by atoms with Crippen LogP contribution >= 0.6 is 24.0 Å². The van der Waals surface area contributed by atoms with Crippen molar-refractivity contribution >= 4 is 29.9 Å². The third kappa shape index (κ3) is 6.70. The fourth-order valence-electron chi connectivity index (χ4n) is 3.15. The number of hydrogen-bond acceptors (Lipinski definition) is 3. The lowest BCUT2D eigenvalue weighted by Crippen LogP contribution is -2.36. The lowest BCUT2D eigenvalue weighted by molar-refractivity contribution is 0.0676. The number of aliphatic imine (C=N–C) groups is 1. The number of halogens is 1. The minimum atomic E-state index is 0. The molecule has 6 nitrogen and oxygen atoms in total. The van der Waals surface area contributed by atoms with Crippen LogP contribution in [-0.4, -0.2) is 36.9 Å². The molecule has 3 rings (SSSR count). The van der Waals surface area contributed by atoms with E-state index in [1.807, 2.05) is 17.8 Å². The average Bonchev–Trinajstić information content (AvgIpc) is 3.33. The summed E-state index contributed by atoms with van der Waals surface area (Å²) in [6.07, 6.45) is 6.55. The van der Waals surface area contributed by atoms with Crippen LogP contribution in [0.15, 0.2) is 41.7 Å². The summed E-state index contributed by atoms with van der Waals surface area (Å²) in [4.78, 5) is 4.31. The fraction of sp³-hybridized carbons (Fsp3) is 0.476. The van der Waals surface area contributed by atoms with Crippen LogP contribution in [-0.2, 0) is 24.9 Å². The van der Waals surface area contributed by atoms with Crippen LogP contribution in [0.25, 0.3) is 0 Å². The minimum Gasteiger partial charge on any atom is -0.491 e. The molecule has 1 aliphatic rings. The van der Waals surface area contributed by atoms with Gasteiger partial charge in [0.1, 0.15) is 12.4 Å². The van der Waals surface area contributed by atoms with E-state index >= 15 is 0 Å². The van der Waals surface area contributed by atoms with E-state index in [1.165, 1.54) is 11.1 Å². The molecule has 0 saturated carbocycles. The first-order valence-corrected chi connectivity index (χ1v) is 9.53. The number of hydrogen-bond donors (Lipinski definition) is 2. The number of ether oxygens (including phenoxy) is 2. The third-order valence-corrected chi connectivity index (χ3v) is 4.69. The van der Waals surface area contributed by atoms with E-state index in [9.17, 15) is 0 Å². The molecule has 0 amide bonds. The first-order chi connectivity index (χ1) is 13.1. The van der Waals surface area contributed by atoms with Gasteiger partial charge in [0.2, 0.25) is 0 Å². The van der Waals surface area contributed by atoms with Crippen molar-refractivity contribution in [1.29, 1.82) is 0 Å². The molecule has 7 heteroatoms. The zero-order valence-corrected chi connectivity index (χ0v) is 19.2. The van der Waals surface area contributed by atoms with Crippen LogP contribution in [0.5, 0.6) is 5.75 Å². The van der Waals surface area contributed by atoms with Crippen molar-refractivity contribution in [2.45, 2.75) is 39.0 Å². The summed E-state index contributed by atoms with van der Waals surface area (Å²) < 4.78 is 13.8. The van der Waals surface area contributed by atoms with Gasteiger partial charge in [0.15, 0.2) is 5.96 Å². The molecule has 0 radical (unpaired) electrons. The van der Waals surface area contributed by atoms with Crippen molar-refractivity contribution in [3.63, 3.8) is 0 Å². The molecule has 1 unspecified atom stereocenters.